The van der Waals surface area contributed by atoms with E-state index >= 15 is 0 Å². The van der Waals surface area contributed by atoms with Gasteiger partial charge in [-0.1, -0.05) is 25.5 Å². The Morgan fingerprint density at radius 3 is 2.70 bits per heavy atom. The molecule has 5 unspecified atom stereocenters. The molecule has 1 aliphatic heterocycles. The van der Waals surface area contributed by atoms with Gasteiger partial charge in [-0.05, 0) is 43.8 Å². The van der Waals surface area contributed by atoms with E-state index < -0.39 is 42.0 Å². The van der Waals surface area contributed by atoms with Crippen LogP contribution in [0.5, 0.6) is 0 Å². The molecule has 7 heteroatoms. The van der Waals surface area contributed by atoms with Crippen molar-refractivity contribution in [1.29, 1.82) is 0 Å². The number of allylic oxidation sites excluding steroid dienone is 1. The Morgan fingerprint density at radius 1 is 1.41 bits per heavy atom. The van der Waals surface area contributed by atoms with Gasteiger partial charge in [0, 0.05) is 12.5 Å². The molecule has 0 amide bonds. The number of hydrogen-bond donors (Lipinski definition) is 4. The second-order valence-electron chi connectivity index (χ2n) is 7.90. The average Bonchev–Trinajstić information content (AvgIpc) is 2.88. The number of aliphatic hydroxyl groups excluding tert-OH is 2. The normalized spacial score (nSPS) is 34.1. The first kappa shape index (κ1) is 21.6. The third-order valence-corrected chi connectivity index (χ3v) is 5.43. The lowest BCUT2D eigenvalue weighted by Crippen LogP contribution is -2.46. The number of hydrogen-bond acceptors (Lipinski definition) is 6. The molecule has 152 valence electrons. The van der Waals surface area contributed by atoms with Gasteiger partial charge >= 0.3 is 11.9 Å². The van der Waals surface area contributed by atoms with E-state index in [0.29, 0.717) is 12.8 Å². The van der Waals surface area contributed by atoms with Crippen LogP contribution < -0.4 is 5.32 Å². The highest BCUT2D eigenvalue weighted by Gasteiger charge is 2.47. The molecular formula is C20H31NO6. The first-order valence-corrected chi connectivity index (χ1v) is 9.55. The Hall–Kier alpha value is -1.70. The maximum Gasteiger partial charge on any atom is 0.320 e. The van der Waals surface area contributed by atoms with Crippen LogP contribution in [0.4, 0.5) is 0 Å². The summed E-state index contributed by atoms with van der Waals surface area (Å²) in [6.45, 7) is 5.53. The van der Waals surface area contributed by atoms with Gasteiger partial charge in [0.1, 0.15) is 12.1 Å². The monoisotopic (exact) mass is 381 g/mol. The Kier molecular flexibility index (Phi) is 7.59. The first-order valence-electron chi connectivity index (χ1n) is 9.55. The highest BCUT2D eigenvalue weighted by Crippen LogP contribution is 2.35. The number of esters is 1. The molecule has 0 aromatic heterocycles. The van der Waals surface area contributed by atoms with E-state index in [4.69, 9.17) is 4.74 Å². The smallest absolute Gasteiger partial charge is 0.320 e. The molecule has 0 spiro atoms. The second-order valence-corrected chi connectivity index (χ2v) is 7.90. The van der Waals surface area contributed by atoms with Crippen LogP contribution in [0.3, 0.4) is 0 Å². The molecule has 2 aliphatic rings. The lowest BCUT2D eigenvalue weighted by molar-refractivity contribution is -0.144. The summed E-state index contributed by atoms with van der Waals surface area (Å²) < 4.78 is 5.51. The molecule has 1 saturated heterocycles. The molecular weight excluding hydrogens is 350 g/mol. The second kappa shape index (κ2) is 9.48. The fourth-order valence-electron chi connectivity index (χ4n) is 3.90. The highest BCUT2D eigenvalue weighted by molar-refractivity contribution is 5.77. The van der Waals surface area contributed by atoms with Crippen LogP contribution in [-0.2, 0) is 14.3 Å². The summed E-state index contributed by atoms with van der Waals surface area (Å²) in [5.41, 5.74) is 1.80. The van der Waals surface area contributed by atoms with Crippen molar-refractivity contribution in [2.45, 2.75) is 58.3 Å². The van der Waals surface area contributed by atoms with E-state index in [1.807, 2.05) is 13.0 Å². The summed E-state index contributed by atoms with van der Waals surface area (Å²) in [5.74, 6) is -2.70. The van der Waals surface area contributed by atoms with Gasteiger partial charge in [0.2, 0.25) is 0 Å². The number of carbonyl (C=O) groups is 2. The lowest BCUT2D eigenvalue weighted by Gasteiger charge is -2.27. The van der Waals surface area contributed by atoms with Gasteiger partial charge < -0.3 is 25.4 Å². The van der Waals surface area contributed by atoms with Crippen molar-refractivity contribution in [2.75, 3.05) is 13.2 Å². The van der Waals surface area contributed by atoms with E-state index in [2.05, 4.69) is 5.32 Å². The summed E-state index contributed by atoms with van der Waals surface area (Å²) >= 11 is 0. The molecule has 7 nitrogen and oxygen atoms in total. The maximum absolute atomic E-state index is 12.5. The zero-order valence-corrected chi connectivity index (χ0v) is 16.2. The predicted octanol–water partition coefficient (Wildman–Crippen LogP) is 1.25. The van der Waals surface area contributed by atoms with Gasteiger partial charge in [-0.2, -0.15) is 0 Å². The molecule has 27 heavy (non-hydrogen) atoms. The molecule has 0 bridgehead atoms. The Balaban J connectivity index is 2.25. The van der Waals surface area contributed by atoms with E-state index in [-0.39, 0.29) is 19.1 Å². The van der Waals surface area contributed by atoms with Crippen LogP contribution in [-0.4, -0.2) is 58.7 Å². The first-order chi connectivity index (χ1) is 12.7. The summed E-state index contributed by atoms with van der Waals surface area (Å²) in [7, 11) is 0. The molecule has 0 saturated carbocycles. The fourth-order valence-corrected chi connectivity index (χ4v) is 3.90. The van der Waals surface area contributed by atoms with Crippen LogP contribution in [0.25, 0.3) is 0 Å². The van der Waals surface area contributed by atoms with Gasteiger partial charge in [-0.3, -0.25) is 9.59 Å². The molecule has 2 rings (SSSR count). The number of carbonyl (C=O) groups excluding carboxylic acids is 1. The van der Waals surface area contributed by atoms with Gasteiger partial charge in [0.15, 0.2) is 0 Å². The van der Waals surface area contributed by atoms with Crippen molar-refractivity contribution in [3.05, 3.63) is 23.3 Å². The van der Waals surface area contributed by atoms with E-state index in [0.717, 1.165) is 17.6 Å². The zero-order valence-electron chi connectivity index (χ0n) is 16.2. The van der Waals surface area contributed by atoms with Crippen molar-refractivity contribution in [3.8, 4) is 0 Å². The third kappa shape index (κ3) is 5.40. The summed E-state index contributed by atoms with van der Waals surface area (Å²) in [4.78, 5) is 23.9. The Morgan fingerprint density at radius 2 is 2.11 bits per heavy atom. The molecule has 1 fully saturated rings. The number of carboxylic acid groups (broad SMARTS) is 1. The average molecular weight is 381 g/mol. The van der Waals surface area contributed by atoms with Gasteiger partial charge in [0.05, 0.1) is 18.6 Å². The van der Waals surface area contributed by atoms with Gasteiger partial charge in [0.25, 0.3) is 0 Å². The molecule has 1 aliphatic carbocycles. The Bertz CT molecular complexity index is 612. The number of rotatable bonds is 6. The SMILES string of the molecule is C/C1=C\CC/C(CO)=C/C2OC(=O)C(CNC(C(=O)O)C(C)C)C2C(O)C1. The number of fused-ring (bicyclic) bond motifs is 1. The maximum atomic E-state index is 12.5. The molecule has 1 heterocycles. The molecule has 0 aromatic rings. The lowest BCUT2D eigenvalue weighted by atomic mass is 9.81. The van der Waals surface area contributed by atoms with Crippen molar-refractivity contribution >= 4 is 11.9 Å². The van der Waals surface area contributed by atoms with Crippen molar-refractivity contribution in [1.82, 2.24) is 5.32 Å². The number of aliphatic carboxylic acids is 1. The minimum absolute atomic E-state index is 0.122. The number of nitrogens with one attached hydrogen (secondary N) is 1. The van der Waals surface area contributed by atoms with E-state index in [9.17, 15) is 24.9 Å². The molecule has 0 aromatic carbocycles. The molecule has 4 N–H and O–H groups in total. The van der Waals surface area contributed by atoms with Crippen molar-refractivity contribution < 1.29 is 29.6 Å². The minimum Gasteiger partial charge on any atom is -0.480 e. The third-order valence-electron chi connectivity index (χ3n) is 5.43. The van der Waals surface area contributed by atoms with Crippen LogP contribution in [0, 0.1) is 17.8 Å². The molecule has 5 atom stereocenters. The van der Waals surface area contributed by atoms with Crippen LogP contribution in [0.15, 0.2) is 23.3 Å². The van der Waals surface area contributed by atoms with Crippen molar-refractivity contribution in [3.63, 3.8) is 0 Å². The van der Waals surface area contributed by atoms with Crippen molar-refractivity contribution in [2.24, 2.45) is 17.8 Å². The Labute approximate surface area is 160 Å². The van der Waals surface area contributed by atoms with Crippen LogP contribution >= 0.6 is 0 Å². The minimum atomic E-state index is -0.972. The number of aliphatic hydroxyl groups is 2. The quantitative estimate of drug-likeness (QED) is 0.404. The number of carboxylic acids is 1. The summed E-state index contributed by atoms with van der Waals surface area (Å²) in [5, 5.41) is 32.7. The summed E-state index contributed by atoms with van der Waals surface area (Å²) in [6.07, 6.45) is 4.24. The summed E-state index contributed by atoms with van der Waals surface area (Å²) in [6, 6.07) is -0.779. The van der Waals surface area contributed by atoms with Crippen LogP contribution in [0.1, 0.15) is 40.0 Å². The van der Waals surface area contributed by atoms with E-state index in [1.54, 1.807) is 19.9 Å². The standard InChI is InChI=1S/C20H31NO6/c1-11(2)18(19(24)25)21-9-14-17-15(23)7-12(3)5-4-6-13(10-22)8-16(17)27-20(14)26/h5,8,11,14-18,21-23H,4,6-7,9-10H2,1-3H3,(H,24,25)/b12-5+,13-8-. The van der Waals surface area contributed by atoms with E-state index in [1.165, 1.54) is 0 Å². The topological polar surface area (TPSA) is 116 Å². The van der Waals surface area contributed by atoms with Gasteiger partial charge in [-0.25, -0.2) is 0 Å². The largest absolute Gasteiger partial charge is 0.480 e. The molecule has 0 radical (unpaired) electrons. The number of ether oxygens (including phenoxy) is 1. The highest BCUT2D eigenvalue weighted by atomic mass is 16.6. The fraction of sp³-hybridized carbons (Fsp3) is 0.700. The van der Waals surface area contributed by atoms with Crippen LogP contribution in [0.2, 0.25) is 0 Å². The predicted molar refractivity (Wildman–Crippen MR) is 99.9 cm³/mol. The zero-order chi connectivity index (χ0) is 20.1. The van der Waals surface area contributed by atoms with Gasteiger partial charge in [-0.15, -0.1) is 0 Å².